The van der Waals surface area contributed by atoms with Gasteiger partial charge in [0.2, 0.25) is 10.0 Å². The van der Waals surface area contributed by atoms with Crippen LogP contribution < -0.4 is 10.5 Å². The standard InChI is InChI=1S/C14H23FN2O3S/c1-5-6-14(4,18)8-17-21(19,20)13-9(2)7-11(15)12(16)10(13)3/h7,17-18H,5-6,8,16H2,1-4H3. The van der Waals surface area contributed by atoms with Crippen molar-refractivity contribution in [2.75, 3.05) is 12.3 Å². The van der Waals surface area contributed by atoms with Crippen LogP contribution >= 0.6 is 0 Å². The summed E-state index contributed by atoms with van der Waals surface area (Å²) in [4.78, 5) is -0.0336. The van der Waals surface area contributed by atoms with Gasteiger partial charge >= 0.3 is 0 Å². The highest BCUT2D eigenvalue weighted by Crippen LogP contribution is 2.27. The largest absolute Gasteiger partial charge is 0.396 e. The Balaban J connectivity index is 3.13. The van der Waals surface area contributed by atoms with Crippen LogP contribution in [-0.2, 0) is 10.0 Å². The summed E-state index contributed by atoms with van der Waals surface area (Å²) in [5.41, 5.74) is 4.71. The zero-order chi connectivity index (χ0) is 16.4. The molecule has 0 aromatic heterocycles. The summed E-state index contributed by atoms with van der Waals surface area (Å²) < 4.78 is 40.7. The average Bonchev–Trinajstić information content (AvgIpc) is 2.34. The molecule has 0 saturated heterocycles. The van der Waals surface area contributed by atoms with E-state index < -0.39 is 21.4 Å². The number of nitrogens with two attached hydrogens (primary N) is 1. The van der Waals surface area contributed by atoms with Crippen molar-refractivity contribution in [2.45, 2.75) is 51.0 Å². The summed E-state index contributed by atoms with van der Waals surface area (Å²) in [7, 11) is -3.87. The molecule has 0 spiro atoms. The van der Waals surface area contributed by atoms with Crippen LogP contribution in [-0.4, -0.2) is 25.7 Å². The summed E-state index contributed by atoms with van der Waals surface area (Å²) in [6, 6.07) is 1.10. The molecule has 0 bridgehead atoms. The fourth-order valence-corrected chi connectivity index (χ4v) is 3.93. The van der Waals surface area contributed by atoms with Crippen molar-refractivity contribution in [2.24, 2.45) is 0 Å². The Kier molecular flexibility index (Phi) is 5.35. The summed E-state index contributed by atoms with van der Waals surface area (Å²) in [5, 5.41) is 10.1. The van der Waals surface area contributed by atoms with Gasteiger partial charge in [0.25, 0.3) is 0 Å². The smallest absolute Gasteiger partial charge is 0.241 e. The van der Waals surface area contributed by atoms with E-state index in [2.05, 4.69) is 4.72 Å². The minimum Gasteiger partial charge on any atom is -0.396 e. The van der Waals surface area contributed by atoms with Gasteiger partial charge in [-0.25, -0.2) is 17.5 Å². The van der Waals surface area contributed by atoms with E-state index in [0.29, 0.717) is 6.42 Å². The van der Waals surface area contributed by atoms with Gasteiger partial charge in [-0.1, -0.05) is 13.3 Å². The van der Waals surface area contributed by atoms with Gasteiger partial charge in [-0.3, -0.25) is 0 Å². The molecule has 0 radical (unpaired) electrons. The number of anilines is 1. The molecule has 0 aliphatic carbocycles. The van der Waals surface area contributed by atoms with Crippen LogP contribution in [0.25, 0.3) is 0 Å². The number of rotatable bonds is 6. The number of sulfonamides is 1. The van der Waals surface area contributed by atoms with Crippen molar-refractivity contribution >= 4 is 15.7 Å². The molecule has 5 nitrogen and oxygen atoms in total. The molecule has 0 saturated carbocycles. The van der Waals surface area contributed by atoms with E-state index in [-0.39, 0.29) is 28.3 Å². The van der Waals surface area contributed by atoms with Gasteiger partial charge < -0.3 is 10.8 Å². The Morgan fingerprint density at radius 2 is 2.00 bits per heavy atom. The van der Waals surface area contributed by atoms with Gasteiger partial charge in [0.1, 0.15) is 5.82 Å². The molecule has 120 valence electrons. The predicted octanol–water partition coefficient (Wildman–Crippen LogP) is 1.85. The van der Waals surface area contributed by atoms with Crippen LogP contribution in [0, 0.1) is 19.7 Å². The lowest BCUT2D eigenvalue weighted by atomic mass is 10.0. The predicted molar refractivity (Wildman–Crippen MR) is 81.0 cm³/mol. The highest BCUT2D eigenvalue weighted by molar-refractivity contribution is 7.89. The van der Waals surface area contributed by atoms with Gasteiger partial charge in [-0.05, 0) is 44.4 Å². The van der Waals surface area contributed by atoms with Gasteiger partial charge in [-0.2, -0.15) is 0 Å². The third-order valence-corrected chi connectivity index (χ3v) is 5.09. The van der Waals surface area contributed by atoms with E-state index in [4.69, 9.17) is 5.73 Å². The molecule has 0 amide bonds. The lowest BCUT2D eigenvalue weighted by Gasteiger charge is -2.23. The lowest BCUT2D eigenvalue weighted by Crippen LogP contribution is -2.40. The Hall–Kier alpha value is -1.18. The van der Waals surface area contributed by atoms with Crippen molar-refractivity contribution in [1.29, 1.82) is 0 Å². The first-order valence-corrected chi connectivity index (χ1v) is 8.27. The highest BCUT2D eigenvalue weighted by atomic mass is 32.2. The molecule has 0 aliphatic rings. The Morgan fingerprint density at radius 3 is 2.52 bits per heavy atom. The Bertz CT molecular complexity index is 628. The first-order valence-electron chi connectivity index (χ1n) is 6.79. The van der Waals surface area contributed by atoms with Crippen molar-refractivity contribution in [3.05, 3.63) is 23.0 Å². The third kappa shape index (κ3) is 4.15. The molecule has 1 aromatic carbocycles. The molecule has 0 aliphatic heterocycles. The second kappa shape index (κ2) is 6.29. The first-order chi connectivity index (χ1) is 9.52. The lowest BCUT2D eigenvalue weighted by molar-refractivity contribution is 0.0554. The monoisotopic (exact) mass is 318 g/mol. The van der Waals surface area contributed by atoms with E-state index >= 15 is 0 Å². The Labute approximate surface area is 125 Å². The second-order valence-electron chi connectivity index (χ2n) is 5.61. The average molecular weight is 318 g/mol. The maximum Gasteiger partial charge on any atom is 0.241 e. The normalized spacial score (nSPS) is 15.0. The number of benzene rings is 1. The highest BCUT2D eigenvalue weighted by Gasteiger charge is 2.26. The summed E-state index contributed by atoms with van der Waals surface area (Å²) in [5.74, 6) is -0.637. The fourth-order valence-electron chi connectivity index (χ4n) is 2.29. The van der Waals surface area contributed by atoms with E-state index in [1.807, 2.05) is 6.92 Å². The van der Waals surface area contributed by atoms with Crippen LogP contribution in [0.15, 0.2) is 11.0 Å². The SMILES string of the molecule is CCCC(C)(O)CNS(=O)(=O)c1c(C)cc(F)c(N)c1C. The zero-order valence-electron chi connectivity index (χ0n) is 12.8. The minimum absolute atomic E-state index is 0.0336. The molecule has 4 N–H and O–H groups in total. The van der Waals surface area contributed by atoms with Crippen molar-refractivity contribution in [1.82, 2.24) is 4.72 Å². The second-order valence-corrected chi connectivity index (χ2v) is 7.32. The molecule has 1 aromatic rings. The summed E-state index contributed by atoms with van der Waals surface area (Å²) in [6.45, 7) is 6.33. The number of nitrogens with one attached hydrogen (secondary N) is 1. The topological polar surface area (TPSA) is 92.4 Å². The van der Waals surface area contributed by atoms with E-state index in [1.54, 1.807) is 6.92 Å². The Morgan fingerprint density at radius 1 is 1.43 bits per heavy atom. The van der Waals surface area contributed by atoms with Gasteiger partial charge in [-0.15, -0.1) is 0 Å². The number of halogens is 1. The maximum absolute atomic E-state index is 13.5. The van der Waals surface area contributed by atoms with Gasteiger partial charge in [0.05, 0.1) is 16.2 Å². The zero-order valence-corrected chi connectivity index (χ0v) is 13.6. The number of hydrogen-bond acceptors (Lipinski definition) is 4. The molecular weight excluding hydrogens is 295 g/mol. The maximum atomic E-state index is 13.5. The third-order valence-electron chi connectivity index (χ3n) is 3.40. The fraction of sp³-hybridized carbons (Fsp3) is 0.571. The number of hydrogen-bond donors (Lipinski definition) is 3. The van der Waals surface area contributed by atoms with Crippen LogP contribution in [0.1, 0.15) is 37.8 Å². The summed E-state index contributed by atoms with van der Waals surface area (Å²) in [6.07, 6.45) is 1.20. The molecule has 1 atom stereocenters. The molecule has 1 unspecified atom stereocenters. The van der Waals surface area contributed by atoms with E-state index in [9.17, 15) is 17.9 Å². The quantitative estimate of drug-likeness (QED) is 0.698. The molecular formula is C14H23FN2O3S. The van der Waals surface area contributed by atoms with Gasteiger partial charge in [0, 0.05) is 6.54 Å². The van der Waals surface area contributed by atoms with Crippen LogP contribution in [0.4, 0.5) is 10.1 Å². The van der Waals surface area contributed by atoms with Crippen molar-refractivity contribution in [3.8, 4) is 0 Å². The van der Waals surface area contributed by atoms with E-state index in [0.717, 1.165) is 12.5 Å². The van der Waals surface area contributed by atoms with Crippen molar-refractivity contribution in [3.63, 3.8) is 0 Å². The van der Waals surface area contributed by atoms with Crippen molar-refractivity contribution < 1.29 is 17.9 Å². The van der Waals surface area contributed by atoms with Crippen LogP contribution in [0.2, 0.25) is 0 Å². The molecule has 21 heavy (non-hydrogen) atoms. The summed E-state index contributed by atoms with van der Waals surface area (Å²) >= 11 is 0. The number of aliphatic hydroxyl groups is 1. The van der Waals surface area contributed by atoms with Crippen LogP contribution in [0.5, 0.6) is 0 Å². The molecule has 7 heteroatoms. The first kappa shape index (κ1) is 17.9. The number of nitrogen functional groups attached to an aromatic ring is 1. The van der Waals surface area contributed by atoms with Crippen LogP contribution in [0.3, 0.4) is 0 Å². The minimum atomic E-state index is -3.87. The molecule has 0 heterocycles. The number of aryl methyl sites for hydroxylation is 1. The van der Waals surface area contributed by atoms with Gasteiger partial charge in [0.15, 0.2) is 0 Å². The van der Waals surface area contributed by atoms with E-state index in [1.165, 1.54) is 13.8 Å². The molecule has 0 fully saturated rings. The molecule has 1 rings (SSSR count).